The lowest BCUT2D eigenvalue weighted by Crippen LogP contribution is -2.51. The highest BCUT2D eigenvalue weighted by Crippen LogP contribution is 2.34. The number of carbonyl (C=O) groups is 1. The second-order valence-electron chi connectivity index (χ2n) is 5.49. The number of hydrogen-bond donors (Lipinski definition) is 2. The molecule has 1 saturated carbocycles. The van der Waals surface area contributed by atoms with Crippen molar-refractivity contribution in [3.8, 4) is 0 Å². The maximum absolute atomic E-state index is 12.1. The molecule has 18 heavy (non-hydrogen) atoms. The fraction of sp³-hybridized carbons (Fsp3) is 0.923. The summed E-state index contributed by atoms with van der Waals surface area (Å²) >= 11 is 0. The van der Waals surface area contributed by atoms with Gasteiger partial charge in [0.15, 0.2) is 0 Å². The van der Waals surface area contributed by atoms with Crippen LogP contribution in [0.3, 0.4) is 0 Å². The maximum Gasteiger partial charge on any atom is 0.317 e. The topological polar surface area (TPSA) is 61.8 Å². The van der Waals surface area contributed by atoms with Gasteiger partial charge in [-0.2, -0.15) is 0 Å². The normalized spacial score (nSPS) is 32.7. The molecule has 0 radical (unpaired) electrons. The van der Waals surface area contributed by atoms with E-state index < -0.39 is 0 Å². The van der Waals surface area contributed by atoms with Crippen LogP contribution in [-0.4, -0.2) is 54.5 Å². The zero-order valence-corrected chi connectivity index (χ0v) is 11.3. The predicted octanol–water partition coefficient (Wildman–Crippen LogP) is 0.966. The highest BCUT2D eigenvalue weighted by molar-refractivity contribution is 5.74. The number of fused-ring (bicyclic) bond motifs is 1. The molecule has 2 rings (SSSR count). The molecule has 2 fully saturated rings. The van der Waals surface area contributed by atoms with Gasteiger partial charge in [-0.15, -0.1) is 0 Å². The van der Waals surface area contributed by atoms with Crippen LogP contribution >= 0.6 is 0 Å². The van der Waals surface area contributed by atoms with Crippen LogP contribution in [0.1, 0.15) is 32.6 Å². The van der Waals surface area contributed by atoms with Crippen LogP contribution in [-0.2, 0) is 4.74 Å². The summed E-state index contributed by atoms with van der Waals surface area (Å²) in [5.74, 6) is 0.473. The van der Waals surface area contributed by atoms with Gasteiger partial charge in [0.1, 0.15) is 0 Å². The largest absolute Gasteiger partial charge is 0.394 e. The Morgan fingerprint density at radius 1 is 1.50 bits per heavy atom. The molecule has 1 saturated heterocycles. The first-order valence-electron chi connectivity index (χ1n) is 6.89. The van der Waals surface area contributed by atoms with Crippen molar-refractivity contribution in [2.45, 2.75) is 50.8 Å². The van der Waals surface area contributed by atoms with E-state index in [1.165, 1.54) is 0 Å². The molecule has 0 bridgehead atoms. The van der Waals surface area contributed by atoms with E-state index in [-0.39, 0.29) is 24.7 Å². The Morgan fingerprint density at radius 2 is 2.28 bits per heavy atom. The molecular weight excluding hydrogens is 232 g/mol. The molecule has 5 nitrogen and oxygen atoms in total. The number of carbonyl (C=O) groups excluding carboxylic acids is 1. The molecule has 0 spiro atoms. The number of amides is 2. The Hall–Kier alpha value is -0.810. The van der Waals surface area contributed by atoms with Gasteiger partial charge in [-0.25, -0.2) is 4.79 Å². The number of hydrogen-bond acceptors (Lipinski definition) is 3. The number of nitrogens with zero attached hydrogens (tertiary/aromatic N) is 1. The van der Waals surface area contributed by atoms with Crippen LogP contribution in [0.5, 0.6) is 0 Å². The van der Waals surface area contributed by atoms with E-state index in [9.17, 15) is 4.79 Å². The van der Waals surface area contributed by atoms with Crippen molar-refractivity contribution < 1.29 is 14.6 Å². The number of aliphatic hydroxyl groups is 1. The lowest BCUT2D eigenvalue weighted by atomic mass is 9.82. The van der Waals surface area contributed by atoms with Gasteiger partial charge in [-0.05, 0) is 32.6 Å². The Morgan fingerprint density at radius 3 is 3.00 bits per heavy atom. The zero-order valence-electron chi connectivity index (χ0n) is 11.3. The van der Waals surface area contributed by atoms with Gasteiger partial charge in [0.25, 0.3) is 0 Å². The summed E-state index contributed by atoms with van der Waals surface area (Å²) in [4.78, 5) is 13.6. The van der Waals surface area contributed by atoms with E-state index in [0.717, 1.165) is 32.3 Å². The van der Waals surface area contributed by atoms with E-state index in [0.29, 0.717) is 12.0 Å². The van der Waals surface area contributed by atoms with Crippen LogP contribution in [0.4, 0.5) is 4.79 Å². The summed E-state index contributed by atoms with van der Waals surface area (Å²) in [5, 5.41) is 12.2. The number of likely N-dealkylation sites (N-methyl/N-ethyl adjacent to an activating group) is 1. The minimum atomic E-state index is -0.149. The Balaban J connectivity index is 1.90. The summed E-state index contributed by atoms with van der Waals surface area (Å²) in [7, 11) is 1.72. The monoisotopic (exact) mass is 256 g/mol. The van der Waals surface area contributed by atoms with Crippen LogP contribution in [0.2, 0.25) is 0 Å². The molecule has 2 amide bonds. The summed E-state index contributed by atoms with van der Waals surface area (Å²) in [5.41, 5.74) is 0. The minimum Gasteiger partial charge on any atom is -0.394 e. The molecule has 2 N–H and O–H groups in total. The van der Waals surface area contributed by atoms with Crippen molar-refractivity contribution in [1.29, 1.82) is 0 Å². The van der Waals surface area contributed by atoms with Crippen LogP contribution in [0.15, 0.2) is 0 Å². The lowest BCUT2D eigenvalue weighted by Gasteiger charge is -2.35. The molecule has 4 atom stereocenters. The Bertz CT molecular complexity index is 298. The van der Waals surface area contributed by atoms with E-state index in [1.807, 2.05) is 6.92 Å². The van der Waals surface area contributed by atoms with Crippen LogP contribution in [0.25, 0.3) is 0 Å². The molecule has 2 aliphatic rings. The smallest absolute Gasteiger partial charge is 0.317 e. The number of rotatable bonds is 3. The van der Waals surface area contributed by atoms with Crippen molar-refractivity contribution in [2.24, 2.45) is 5.92 Å². The summed E-state index contributed by atoms with van der Waals surface area (Å²) in [6.07, 6.45) is 4.67. The maximum atomic E-state index is 12.1. The van der Waals surface area contributed by atoms with Gasteiger partial charge in [0, 0.05) is 25.6 Å². The lowest BCUT2D eigenvalue weighted by molar-refractivity contribution is 0.0533. The SMILES string of the molecule is CC(CO)N(C)C(=O)NC1CCCC2OCCC12. The number of aliphatic hydroxyl groups excluding tert-OH is 1. The van der Waals surface area contributed by atoms with Gasteiger partial charge in [-0.1, -0.05) is 0 Å². The third kappa shape index (κ3) is 2.78. The number of ether oxygens (including phenoxy) is 1. The highest BCUT2D eigenvalue weighted by atomic mass is 16.5. The molecule has 5 heteroatoms. The van der Waals surface area contributed by atoms with E-state index in [1.54, 1.807) is 11.9 Å². The average Bonchev–Trinajstić information content (AvgIpc) is 2.86. The Labute approximate surface area is 108 Å². The molecule has 4 unspecified atom stereocenters. The summed E-state index contributed by atoms with van der Waals surface area (Å²) < 4.78 is 5.69. The van der Waals surface area contributed by atoms with Crippen molar-refractivity contribution in [3.05, 3.63) is 0 Å². The van der Waals surface area contributed by atoms with E-state index in [2.05, 4.69) is 5.32 Å². The molecule has 1 aliphatic heterocycles. The van der Waals surface area contributed by atoms with Crippen LogP contribution < -0.4 is 5.32 Å². The molecule has 1 aliphatic carbocycles. The first-order chi connectivity index (χ1) is 8.63. The first kappa shape index (κ1) is 13.6. The molecule has 104 valence electrons. The molecule has 0 aromatic carbocycles. The van der Waals surface area contributed by atoms with E-state index in [4.69, 9.17) is 9.84 Å². The first-order valence-corrected chi connectivity index (χ1v) is 6.89. The Kier molecular flexibility index (Phi) is 4.45. The number of nitrogens with one attached hydrogen (secondary N) is 1. The number of urea groups is 1. The third-order valence-corrected chi connectivity index (χ3v) is 4.34. The van der Waals surface area contributed by atoms with Gasteiger partial charge in [0.05, 0.1) is 18.8 Å². The zero-order chi connectivity index (χ0) is 13.1. The van der Waals surface area contributed by atoms with Gasteiger partial charge >= 0.3 is 6.03 Å². The van der Waals surface area contributed by atoms with Crippen molar-refractivity contribution in [1.82, 2.24) is 10.2 Å². The van der Waals surface area contributed by atoms with Crippen molar-refractivity contribution in [2.75, 3.05) is 20.3 Å². The van der Waals surface area contributed by atoms with Crippen molar-refractivity contribution in [3.63, 3.8) is 0 Å². The standard InChI is InChI=1S/C13H24N2O3/c1-9(8-16)15(2)13(17)14-11-4-3-5-12-10(11)6-7-18-12/h9-12,16H,3-8H2,1-2H3,(H,14,17). The predicted molar refractivity (Wildman–Crippen MR) is 68.3 cm³/mol. The molecule has 0 aromatic rings. The molecule has 1 heterocycles. The summed E-state index contributed by atoms with van der Waals surface area (Å²) in [6, 6.07) is -0.00888. The van der Waals surface area contributed by atoms with Crippen molar-refractivity contribution >= 4 is 6.03 Å². The highest BCUT2D eigenvalue weighted by Gasteiger charge is 2.38. The second kappa shape index (κ2) is 5.89. The fourth-order valence-corrected chi connectivity index (χ4v) is 2.94. The second-order valence-corrected chi connectivity index (χ2v) is 5.49. The van der Waals surface area contributed by atoms with Gasteiger partial charge in [0.2, 0.25) is 0 Å². The summed E-state index contributed by atoms with van der Waals surface area (Å²) in [6.45, 7) is 2.65. The van der Waals surface area contributed by atoms with E-state index >= 15 is 0 Å². The average molecular weight is 256 g/mol. The van der Waals surface area contributed by atoms with Gasteiger partial charge in [-0.3, -0.25) is 0 Å². The third-order valence-electron chi connectivity index (χ3n) is 4.34. The molecular formula is C13H24N2O3. The van der Waals surface area contributed by atoms with Gasteiger partial charge < -0.3 is 20.1 Å². The molecule has 0 aromatic heterocycles. The fourth-order valence-electron chi connectivity index (χ4n) is 2.94. The van der Waals surface area contributed by atoms with Crippen LogP contribution in [0, 0.1) is 5.92 Å². The minimum absolute atomic E-state index is 0.0102. The quantitative estimate of drug-likeness (QED) is 0.791.